The van der Waals surface area contributed by atoms with E-state index in [1.165, 1.54) is 5.69 Å². The molecule has 0 spiro atoms. The van der Waals surface area contributed by atoms with Gasteiger partial charge in [0.15, 0.2) is 0 Å². The van der Waals surface area contributed by atoms with Crippen LogP contribution in [0.15, 0.2) is 53.4 Å². The van der Waals surface area contributed by atoms with Crippen LogP contribution in [0.3, 0.4) is 0 Å². The Morgan fingerprint density at radius 2 is 2.00 bits per heavy atom. The first-order valence-electron chi connectivity index (χ1n) is 9.47. The number of benzene rings is 1. The van der Waals surface area contributed by atoms with Gasteiger partial charge < -0.3 is 15.0 Å². The smallest absolute Gasteiger partial charge is 0.243 e. The average Bonchev–Trinajstić information content (AvgIpc) is 3.19. The number of morpholine rings is 1. The van der Waals surface area contributed by atoms with Crippen molar-refractivity contribution in [1.82, 2.24) is 15.8 Å². The molecule has 27 heavy (non-hydrogen) atoms. The summed E-state index contributed by atoms with van der Waals surface area (Å²) in [6.07, 6.45) is 7.19. The second-order valence-corrected chi connectivity index (χ2v) is 6.11. The van der Waals surface area contributed by atoms with Crippen molar-refractivity contribution in [3.8, 4) is 0 Å². The fourth-order valence-electron chi connectivity index (χ4n) is 3.03. The van der Waals surface area contributed by atoms with E-state index in [9.17, 15) is 4.79 Å². The number of hydrogen-bond donors (Lipinski definition) is 2. The highest BCUT2D eigenvalue weighted by Crippen LogP contribution is 2.18. The van der Waals surface area contributed by atoms with Crippen molar-refractivity contribution in [3.63, 3.8) is 0 Å². The lowest BCUT2D eigenvalue weighted by atomic mass is 10.2. The van der Waals surface area contributed by atoms with Crippen LogP contribution in [0.2, 0.25) is 0 Å². The van der Waals surface area contributed by atoms with E-state index in [0.29, 0.717) is 6.54 Å². The molecule has 4 rings (SSSR count). The first kappa shape index (κ1) is 19.1. The predicted molar refractivity (Wildman–Crippen MR) is 107 cm³/mol. The standard InChI is InChI=1S/C18H21N5O2.C2H6/c24-18(16-12-17-19-6-1-7-23(17)21-16)20-13-14-2-4-15(5-3-14)22-8-10-25-11-9-22;1-2/h1-7,12,16,21H,8-11,13H2,(H,20,24);1-2H3. The summed E-state index contributed by atoms with van der Waals surface area (Å²) in [6.45, 7) is 7.90. The molecular weight excluding hydrogens is 342 g/mol. The number of allylic oxidation sites excluding steroid dienone is 1. The minimum absolute atomic E-state index is 0.0669. The molecule has 1 saturated heterocycles. The first-order valence-corrected chi connectivity index (χ1v) is 9.47. The third-order valence-electron chi connectivity index (χ3n) is 4.43. The maximum atomic E-state index is 12.3. The third-order valence-corrected chi connectivity index (χ3v) is 4.43. The zero-order valence-corrected chi connectivity index (χ0v) is 15.9. The number of amides is 1. The molecule has 0 radical (unpaired) electrons. The van der Waals surface area contributed by atoms with Crippen LogP contribution in [0, 0.1) is 0 Å². The molecule has 1 unspecified atom stereocenters. The van der Waals surface area contributed by atoms with Crippen LogP contribution in [0.5, 0.6) is 0 Å². The molecule has 7 heteroatoms. The predicted octanol–water partition coefficient (Wildman–Crippen LogP) is 1.79. The van der Waals surface area contributed by atoms with Gasteiger partial charge in [-0.2, -0.15) is 0 Å². The molecule has 144 valence electrons. The molecule has 0 saturated carbocycles. The lowest BCUT2D eigenvalue weighted by molar-refractivity contribution is -0.122. The van der Waals surface area contributed by atoms with Crippen LogP contribution < -0.4 is 15.6 Å². The van der Waals surface area contributed by atoms with E-state index < -0.39 is 6.04 Å². The summed E-state index contributed by atoms with van der Waals surface area (Å²) in [6, 6.07) is 7.91. The number of ether oxygens (including phenoxy) is 1. The zero-order chi connectivity index (χ0) is 19.1. The summed E-state index contributed by atoms with van der Waals surface area (Å²) < 4.78 is 5.38. The number of aliphatic imine (C=N–C) groups is 1. The van der Waals surface area contributed by atoms with Crippen molar-refractivity contribution in [2.45, 2.75) is 26.4 Å². The summed E-state index contributed by atoms with van der Waals surface area (Å²) in [5, 5.41) is 4.72. The van der Waals surface area contributed by atoms with E-state index in [2.05, 4.69) is 44.9 Å². The molecule has 1 fully saturated rings. The topological polar surface area (TPSA) is 69.2 Å². The van der Waals surface area contributed by atoms with Crippen LogP contribution in [0.1, 0.15) is 19.4 Å². The van der Waals surface area contributed by atoms with Crippen LogP contribution >= 0.6 is 0 Å². The van der Waals surface area contributed by atoms with Crippen LogP contribution in [-0.2, 0) is 16.1 Å². The van der Waals surface area contributed by atoms with Crippen molar-refractivity contribution < 1.29 is 9.53 Å². The summed E-state index contributed by atoms with van der Waals surface area (Å²) in [7, 11) is 0. The summed E-state index contributed by atoms with van der Waals surface area (Å²) in [4.78, 5) is 18.9. The van der Waals surface area contributed by atoms with E-state index in [-0.39, 0.29) is 5.91 Å². The molecule has 3 aliphatic heterocycles. The van der Waals surface area contributed by atoms with Gasteiger partial charge in [-0.3, -0.25) is 9.80 Å². The highest BCUT2D eigenvalue weighted by Gasteiger charge is 2.27. The molecule has 0 bridgehead atoms. The summed E-state index contributed by atoms with van der Waals surface area (Å²) in [5.41, 5.74) is 5.36. The van der Waals surface area contributed by atoms with Crippen molar-refractivity contribution in [2.75, 3.05) is 31.2 Å². The molecule has 0 aliphatic carbocycles. The van der Waals surface area contributed by atoms with Crippen molar-refractivity contribution in [2.24, 2.45) is 4.99 Å². The maximum Gasteiger partial charge on any atom is 0.243 e. The fraction of sp³-hybridized carbons (Fsp3) is 0.400. The minimum Gasteiger partial charge on any atom is -0.378 e. The molecule has 1 aromatic rings. The van der Waals surface area contributed by atoms with E-state index in [0.717, 1.165) is 37.7 Å². The van der Waals surface area contributed by atoms with E-state index >= 15 is 0 Å². The van der Waals surface area contributed by atoms with Crippen molar-refractivity contribution in [3.05, 3.63) is 54.0 Å². The lowest BCUT2D eigenvalue weighted by Crippen LogP contribution is -2.44. The first-order chi connectivity index (χ1) is 13.3. The average molecular weight is 369 g/mol. The number of anilines is 1. The number of fused-ring (bicyclic) bond motifs is 1. The number of hydrogen-bond acceptors (Lipinski definition) is 6. The number of rotatable bonds is 4. The monoisotopic (exact) mass is 369 g/mol. The van der Waals surface area contributed by atoms with E-state index in [1.807, 2.05) is 32.2 Å². The molecule has 3 aliphatic rings. The Bertz CT molecular complexity index is 720. The van der Waals surface area contributed by atoms with Crippen LogP contribution in [0.4, 0.5) is 5.69 Å². The molecule has 3 heterocycles. The Kier molecular flexibility index (Phi) is 6.62. The number of nitrogens with zero attached hydrogens (tertiary/aromatic N) is 3. The third kappa shape index (κ3) is 4.75. The molecule has 7 nitrogen and oxygen atoms in total. The van der Waals surface area contributed by atoms with Gasteiger partial charge in [0, 0.05) is 37.7 Å². The molecule has 1 aromatic carbocycles. The molecular formula is C20H27N5O2. The maximum absolute atomic E-state index is 12.3. The number of carbonyl (C=O) groups excluding carboxylic acids is 1. The number of carbonyl (C=O) groups is 1. The van der Waals surface area contributed by atoms with Gasteiger partial charge in [0.25, 0.3) is 0 Å². The fourth-order valence-corrected chi connectivity index (χ4v) is 3.03. The highest BCUT2D eigenvalue weighted by atomic mass is 16.5. The largest absolute Gasteiger partial charge is 0.378 e. The Morgan fingerprint density at radius 3 is 2.70 bits per heavy atom. The van der Waals surface area contributed by atoms with Gasteiger partial charge in [0.2, 0.25) is 5.91 Å². The van der Waals surface area contributed by atoms with Crippen LogP contribution in [-0.4, -0.2) is 49.5 Å². The SMILES string of the molecule is CC.O=C(NCc1ccc(N2CCOCC2)cc1)C1C=C2N=CC=CN2N1. The Morgan fingerprint density at radius 1 is 1.26 bits per heavy atom. The molecule has 0 aromatic heterocycles. The van der Waals surface area contributed by atoms with Gasteiger partial charge in [-0.05, 0) is 29.8 Å². The minimum atomic E-state index is -0.400. The van der Waals surface area contributed by atoms with Gasteiger partial charge >= 0.3 is 0 Å². The molecule has 1 amide bonds. The molecule has 1 atom stereocenters. The van der Waals surface area contributed by atoms with Gasteiger partial charge in [-0.25, -0.2) is 10.4 Å². The summed E-state index contributed by atoms with van der Waals surface area (Å²) >= 11 is 0. The molecule has 2 N–H and O–H groups in total. The van der Waals surface area contributed by atoms with E-state index in [4.69, 9.17) is 4.74 Å². The second-order valence-electron chi connectivity index (χ2n) is 6.11. The summed E-state index contributed by atoms with van der Waals surface area (Å²) in [5.74, 6) is 0.681. The van der Waals surface area contributed by atoms with Gasteiger partial charge in [-0.1, -0.05) is 26.0 Å². The van der Waals surface area contributed by atoms with Gasteiger partial charge in [0.05, 0.1) is 13.2 Å². The Hall–Kier alpha value is -2.64. The normalized spacial score (nSPS) is 20.5. The van der Waals surface area contributed by atoms with Gasteiger partial charge in [-0.15, -0.1) is 0 Å². The van der Waals surface area contributed by atoms with Crippen LogP contribution in [0.25, 0.3) is 0 Å². The Labute approximate surface area is 160 Å². The van der Waals surface area contributed by atoms with E-state index in [1.54, 1.807) is 11.2 Å². The Balaban J connectivity index is 0.00000102. The zero-order valence-electron chi connectivity index (χ0n) is 15.9. The van der Waals surface area contributed by atoms with Crippen molar-refractivity contribution in [1.29, 1.82) is 0 Å². The number of hydrazine groups is 1. The van der Waals surface area contributed by atoms with Crippen molar-refractivity contribution >= 4 is 17.8 Å². The lowest BCUT2D eigenvalue weighted by Gasteiger charge is -2.28. The quantitative estimate of drug-likeness (QED) is 0.847. The number of nitrogens with one attached hydrogen (secondary N) is 2. The highest BCUT2D eigenvalue weighted by molar-refractivity contribution is 5.84. The second kappa shape index (κ2) is 9.34. The van der Waals surface area contributed by atoms with Gasteiger partial charge in [0.1, 0.15) is 11.9 Å².